The van der Waals surface area contributed by atoms with Crippen molar-refractivity contribution >= 4 is 64.1 Å². The molecule has 4 heterocycles. The van der Waals surface area contributed by atoms with Gasteiger partial charge in [0.1, 0.15) is 42.6 Å². The van der Waals surface area contributed by atoms with E-state index in [4.69, 9.17) is 46.2 Å². The smallest absolute Gasteiger partial charge is 0.243 e. The Morgan fingerprint density at radius 3 is 1.33 bits per heavy atom. The number of hydrogen-bond donors (Lipinski definition) is 5. The molecule has 0 aliphatic carbocycles. The van der Waals surface area contributed by atoms with Crippen LogP contribution in [0.25, 0.3) is 22.8 Å². The highest BCUT2D eigenvalue weighted by molar-refractivity contribution is 7.90. The average molecular weight is 1230 g/mol. The standard InChI is InChI=1S/C15H16N6O3S.C9H11N5O3S.C9H10N2O3S.C8H8N2O3S.C6H6ClN.ClH/c1-16-25(22,23)14-4-3-12(9-13(14)24-2)15-18-20-21(19-15)10-11-5-7-17-8-6-11;1-10-18(15,16)8-4-3-6(5-7(8)17-2)9-11-13-14-12-9;1-11-15(12,13)9-4-3-7(6-10)5-8(9)14-2;1-13-7-4-6(5-9)2-3-8(7)14(10,11)12;7-5-6-1-3-8-4-2-6;/h3-9,16H,10H2,1-2H3;3-5,10H,1-2H3,(H,11,12,13,14);3-5,11H,1-2H3;2-4H,1H3,(H2,10,11,12);1-4H,5H2;1H. The van der Waals surface area contributed by atoms with Gasteiger partial charge in [-0.25, -0.2) is 53.0 Å². The number of halogens is 2. The van der Waals surface area contributed by atoms with E-state index in [0.717, 1.165) is 11.1 Å². The first kappa shape index (κ1) is 67.0. The van der Waals surface area contributed by atoms with Crippen LogP contribution >= 0.6 is 24.0 Å². The maximum absolute atomic E-state index is 12.0. The van der Waals surface area contributed by atoms with Crippen molar-refractivity contribution in [3.63, 3.8) is 0 Å². The normalized spacial score (nSPS) is 10.8. The largest absolute Gasteiger partial charge is 0.495 e. The predicted octanol–water partition coefficient (Wildman–Crippen LogP) is 3.41. The molecule has 0 bridgehead atoms. The lowest BCUT2D eigenvalue weighted by Crippen LogP contribution is -2.19. The molecule has 0 spiro atoms. The van der Waals surface area contributed by atoms with Crippen molar-refractivity contribution in [2.45, 2.75) is 32.0 Å². The Bertz CT molecular complexity index is 3880. The van der Waals surface area contributed by atoms with Crippen LogP contribution in [0.3, 0.4) is 0 Å². The molecule has 34 heteroatoms. The lowest BCUT2D eigenvalue weighted by atomic mass is 10.2. The van der Waals surface area contributed by atoms with Crippen LogP contribution in [0, 0.1) is 22.7 Å². The Balaban J connectivity index is 0.000000276. The molecule has 0 radical (unpaired) electrons. The number of tetrazole rings is 2. The van der Waals surface area contributed by atoms with E-state index in [1.807, 2.05) is 36.4 Å². The van der Waals surface area contributed by atoms with Crippen molar-refractivity contribution < 1.29 is 52.6 Å². The fraction of sp³-hybridized carbons (Fsp3) is 0.191. The summed E-state index contributed by atoms with van der Waals surface area (Å²) in [5.74, 6) is 1.96. The fourth-order valence-corrected chi connectivity index (χ4v) is 9.63. The number of sulfonamides is 4. The summed E-state index contributed by atoms with van der Waals surface area (Å²) in [5, 5.41) is 47.8. The highest BCUT2D eigenvalue weighted by Crippen LogP contribution is 2.30. The molecule has 0 saturated heterocycles. The summed E-state index contributed by atoms with van der Waals surface area (Å²) >= 11 is 5.50. The van der Waals surface area contributed by atoms with Crippen LogP contribution in [0.2, 0.25) is 0 Å². The maximum Gasteiger partial charge on any atom is 0.243 e. The number of primary sulfonamides is 1. The molecule has 8 aromatic rings. The van der Waals surface area contributed by atoms with Gasteiger partial charge in [0, 0.05) is 41.8 Å². The number of ether oxygens (including phenoxy) is 4. The van der Waals surface area contributed by atoms with Gasteiger partial charge in [0.2, 0.25) is 51.7 Å². The average Bonchev–Trinajstić information content (AvgIpc) is 4.28. The number of nitriles is 2. The van der Waals surface area contributed by atoms with Gasteiger partial charge in [-0.3, -0.25) is 9.97 Å². The van der Waals surface area contributed by atoms with Crippen LogP contribution < -0.4 is 38.3 Å². The summed E-state index contributed by atoms with van der Waals surface area (Å²) in [5.41, 5.74) is 3.98. The summed E-state index contributed by atoms with van der Waals surface area (Å²) in [6.07, 6.45) is 6.85. The van der Waals surface area contributed by atoms with E-state index in [-0.39, 0.29) is 55.0 Å². The third-order valence-corrected chi connectivity index (χ3v) is 15.8. The number of nitrogens with two attached hydrogens (primary N) is 1. The van der Waals surface area contributed by atoms with Crippen LogP contribution in [0.5, 0.6) is 23.0 Å². The minimum atomic E-state index is -3.80. The van der Waals surface area contributed by atoms with Crippen LogP contribution in [0.15, 0.2) is 141 Å². The fourth-order valence-electron chi connectivity index (χ4n) is 6.15. The number of nitrogens with zero attached hydrogens (tertiary/aromatic N) is 11. The molecule has 0 unspecified atom stereocenters. The molecule has 4 aromatic heterocycles. The van der Waals surface area contributed by atoms with Gasteiger partial charge in [-0.15, -0.1) is 44.4 Å². The number of aromatic amines is 1. The van der Waals surface area contributed by atoms with Crippen LogP contribution in [-0.2, 0) is 52.5 Å². The number of nitrogens with one attached hydrogen (secondary N) is 4. The monoisotopic (exact) mass is 1230 g/mol. The molecular formula is C47H52Cl2N16O12S4. The maximum atomic E-state index is 12.0. The zero-order valence-corrected chi connectivity index (χ0v) is 48.6. The molecule has 0 amide bonds. The number of alkyl halides is 1. The van der Waals surface area contributed by atoms with E-state index < -0.39 is 40.1 Å². The van der Waals surface area contributed by atoms with E-state index in [0.29, 0.717) is 46.3 Å². The van der Waals surface area contributed by atoms with Gasteiger partial charge in [0.05, 0.1) is 58.2 Å². The molecule has 0 saturated carbocycles. The van der Waals surface area contributed by atoms with Crippen LogP contribution in [0.4, 0.5) is 0 Å². The second kappa shape index (κ2) is 31.5. The number of methoxy groups -OCH3 is 4. The number of pyridine rings is 2. The molecule has 28 nitrogen and oxygen atoms in total. The Kier molecular flexibility index (Phi) is 26.1. The molecule has 0 aliphatic heterocycles. The number of H-pyrrole nitrogens is 1. The lowest BCUT2D eigenvalue weighted by molar-refractivity contribution is 0.402. The van der Waals surface area contributed by atoms with Crippen molar-refractivity contribution in [3.8, 4) is 57.9 Å². The number of aromatic nitrogens is 10. The van der Waals surface area contributed by atoms with Gasteiger partial charge >= 0.3 is 0 Å². The van der Waals surface area contributed by atoms with E-state index in [9.17, 15) is 33.7 Å². The Labute approximate surface area is 478 Å². The predicted molar refractivity (Wildman–Crippen MR) is 296 cm³/mol. The molecule has 4 aromatic carbocycles. The third-order valence-electron chi connectivity index (χ3n) is 10.2. The van der Waals surface area contributed by atoms with E-state index in [1.54, 1.807) is 43.0 Å². The highest BCUT2D eigenvalue weighted by Gasteiger charge is 2.22. The summed E-state index contributed by atoms with van der Waals surface area (Å²) in [6.45, 7) is 0.457. The lowest BCUT2D eigenvalue weighted by Gasteiger charge is -2.09. The summed E-state index contributed by atoms with van der Waals surface area (Å²) in [6, 6.07) is 28.5. The van der Waals surface area contributed by atoms with Crippen molar-refractivity contribution in [2.75, 3.05) is 49.6 Å². The molecule has 0 aliphatic rings. The number of rotatable bonds is 16. The molecule has 6 N–H and O–H groups in total. The Morgan fingerprint density at radius 1 is 0.568 bits per heavy atom. The van der Waals surface area contributed by atoms with E-state index in [1.165, 1.54) is 109 Å². The minimum Gasteiger partial charge on any atom is -0.495 e. The van der Waals surface area contributed by atoms with Crippen molar-refractivity contribution in [2.24, 2.45) is 5.14 Å². The summed E-state index contributed by atoms with van der Waals surface area (Å²) in [7, 11) is -5.09. The quantitative estimate of drug-likeness (QED) is 0.0865. The topological polar surface area (TPSA) is 407 Å². The highest BCUT2D eigenvalue weighted by atomic mass is 35.5. The third kappa shape index (κ3) is 19.2. The first-order valence-corrected chi connectivity index (χ1v) is 28.8. The summed E-state index contributed by atoms with van der Waals surface area (Å²) in [4.78, 5) is 9.24. The van der Waals surface area contributed by atoms with Crippen molar-refractivity contribution in [3.05, 3.63) is 144 Å². The number of hydrogen-bond acceptors (Lipinski definition) is 22. The zero-order chi connectivity index (χ0) is 59.1. The molecular weight excluding hydrogens is 1180 g/mol. The van der Waals surface area contributed by atoms with Crippen molar-refractivity contribution in [1.82, 2.24) is 65.0 Å². The number of benzene rings is 4. The van der Waals surface area contributed by atoms with Crippen molar-refractivity contribution in [1.29, 1.82) is 10.5 Å². The van der Waals surface area contributed by atoms with E-state index in [2.05, 4.69) is 60.2 Å². The molecule has 430 valence electrons. The second-order valence-electron chi connectivity index (χ2n) is 15.1. The second-order valence-corrected chi connectivity index (χ2v) is 22.4. The molecule has 81 heavy (non-hydrogen) atoms. The van der Waals surface area contributed by atoms with Crippen LogP contribution in [-0.4, -0.2) is 134 Å². The van der Waals surface area contributed by atoms with Gasteiger partial charge in [-0.2, -0.15) is 20.5 Å². The van der Waals surface area contributed by atoms with E-state index >= 15 is 0 Å². The van der Waals surface area contributed by atoms with Crippen LogP contribution in [0.1, 0.15) is 22.3 Å². The van der Waals surface area contributed by atoms with Gasteiger partial charge < -0.3 is 18.9 Å². The molecule has 0 fully saturated rings. The summed E-state index contributed by atoms with van der Waals surface area (Å²) < 4.78 is 119. The molecule has 8 rings (SSSR count). The van der Waals surface area contributed by atoms with Gasteiger partial charge in [-0.05, 0) is 140 Å². The minimum absolute atomic E-state index is 0. The Hall–Kier alpha value is -8.28. The first-order chi connectivity index (χ1) is 38.1. The molecule has 0 atom stereocenters. The zero-order valence-electron chi connectivity index (χ0n) is 43.8. The Morgan fingerprint density at radius 2 is 0.963 bits per heavy atom. The van der Waals surface area contributed by atoms with Gasteiger partial charge in [0.25, 0.3) is 0 Å². The van der Waals surface area contributed by atoms with Gasteiger partial charge in [0.15, 0.2) is 0 Å². The van der Waals surface area contributed by atoms with Gasteiger partial charge in [-0.1, -0.05) is 0 Å². The SMILES string of the molecule is CNS(=O)(=O)c1ccc(-c2nn[nH]n2)cc1OC.CNS(=O)(=O)c1ccc(-c2nnn(Cc3ccncc3)n2)cc1OC.CNS(=O)(=O)c1ccc(C#N)cc1OC.COc1cc(C#N)ccc1S(N)(=O)=O.Cl.ClCc1ccncc1. The first-order valence-electron chi connectivity index (χ1n) is 22.3.